The van der Waals surface area contributed by atoms with Gasteiger partial charge in [-0.1, -0.05) is 12.1 Å². The van der Waals surface area contributed by atoms with Crippen molar-refractivity contribution >= 4 is 17.5 Å². The Morgan fingerprint density at radius 3 is 2.73 bits per heavy atom. The van der Waals surface area contributed by atoms with Crippen molar-refractivity contribution in [2.45, 2.75) is 32.4 Å². The summed E-state index contributed by atoms with van der Waals surface area (Å²) in [5.41, 5.74) is 2.22. The van der Waals surface area contributed by atoms with E-state index in [2.05, 4.69) is 27.9 Å². The third kappa shape index (κ3) is 4.89. The Bertz CT molecular complexity index is 746. The highest BCUT2D eigenvalue weighted by Gasteiger charge is 2.24. The summed E-state index contributed by atoms with van der Waals surface area (Å²) < 4.78 is 0. The lowest BCUT2D eigenvalue weighted by atomic mass is 9.92. The van der Waals surface area contributed by atoms with Crippen LogP contribution >= 0.6 is 0 Å². The van der Waals surface area contributed by atoms with Crippen molar-refractivity contribution in [2.24, 2.45) is 5.92 Å². The number of aromatic nitrogens is 1. The van der Waals surface area contributed by atoms with E-state index in [1.807, 2.05) is 24.3 Å². The zero-order valence-electron chi connectivity index (χ0n) is 14.9. The van der Waals surface area contributed by atoms with Gasteiger partial charge in [-0.2, -0.15) is 0 Å². The average molecular weight is 352 g/mol. The maximum Gasteiger partial charge on any atom is 0.257 e. The minimum atomic E-state index is -0.195. The summed E-state index contributed by atoms with van der Waals surface area (Å²) in [5, 5.41) is 9.20. The van der Waals surface area contributed by atoms with Crippen LogP contribution in [0.5, 0.6) is 0 Å². The van der Waals surface area contributed by atoms with Crippen LogP contribution in [0, 0.1) is 5.92 Å². The Morgan fingerprint density at radius 2 is 2.04 bits per heavy atom. The number of pyridine rings is 1. The molecule has 136 valence electrons. The fourth-order valence-electron chi connectivity index (χ4n) is 3.11. The first-order valence-electron chi connectivity index (χ1n) is 8.93. The molecule has 3 rings (SSSR count). The van der Waals surface area contributed by atoms with Crippen molar-refractivity contribution in [3.8, 4) is 0 Å². The first-order valence-corrected chi connectivity index (χ1v) is 8.93. The molecule has 0 saturated carbocycles. The molecule has 1 aromatic heterocycles. The van der Waals surface area contributed by atoms with E-state index in [1.165, 1.54) is 6.20 Å². The molecule has 0 aliphatic carbocycles. The van der Waals surface area contributed by atoms with Crippen molar-refractivity contribution in [3.05, 3.63) is 59.9 Å². The third-order valence-electron chi connectivity index (χ3n) is 4.60. The van der Waals surface area contributed by atoms with Crippen molar-refractivity contribution in [1.29, 1.82) is 0 Å². The zero-order valence-corrected chi connectivity index (χ0v) is 14.9. The average Bonchev–Trinajstić information content (AvgIpc) is 2.68. The topological polar surface area (TPSA) is 83.1 Å². The lowest BCUT2D eigenvalue weighted by Crippen LogP contribution is -2.42. The van der Waals surface area contributed by atoms with E-state index in [9.17, 15) is 9.59 Å². The molecule has 6 nitrogen and oxygen atoms in total. The highest BCUT2D eigenvalue weighted by molar-refractivity contribution is 6.04. The summed E-state index contributed by atoms with van der Waals surface area (Å²) in [6.07, 6.45) is 4.92. The van der Waals surface area contributed by atoms with Gasteiger partial charge in [-0.15, -0.1) is 0 Å². The number of anilines is 1. The Morgan fingerprint density at radius 1 is 1.23 bits per heavy atom. The maximum atomic E-state index is 12.3. The second kappa shape index (κ2) is 8.58. The Hall–Kier alpha value is -2.73. The quantitative estimate of drug-likeness (QED) is 0.771. The number of carbonyl (C=O) groups excluding carboxylic acids is 2. The van der Waals surface area contributed by atoms with Gasteiger partial charge in [0.2, 0.25) is 5.91 Å². The Kier molecular flexibility index (Phi) is 5.96. The minimum absolute atomic E-state index is 0.0873. The Labute approximate surface area is 153 Å². The molecule has 1 aliphatic heterocycles. The number of piperidine rings is 1. The summed E-state index contributed by atoms with van der Waals surface area (Å²) in [4.78, 5) is 28.3. The largest absolute Gasteiger partial charge is 0.352 e. The number of carbonyl (C=O) groups is 2. The second-order valence-electron chi connectivity index (χ2n) is 6.69. The van der Waals surface area contributed by atoms with Crippen LogP contribution in [0.3, 0.4) is 0 Å². The molecule has 1 aliphatic rings. The van der Waals surface area contributed by atoms with E-state index in [0.29, 0.717) is 23.8 Å². The van der Waals surface area contributed by atoms with Gasteiger partial charge >= 0.3 is 0 Å². The summed E-state index contributed by atoms with van der Waals surface area (Å²) in [7, 11) is 0. The molecule has 2 amide bonds. The number of nitrogens with zero attached hydrogens (tertiary/aromatic N) is 1. The molecule has 1 saturated heterocycles. The van der Waals surface area contributed by atoms with Gasteiger partial charge in [-0.05, 0) is 56.1 Å². The van der Waals surface area contributed by atoms with E-state index in [1.54, 1.807) is 18.3 Å². The normalized spacial score (nSPS) is 19.6. The molecule has 0 bridgehead atoms. The van der Waals surface area contributed by atoms with Crippen LogP contribution in [-0.2, 0) is 11.3 Å². The van der Waals surface area contributed by atoms with Crippen molar-refractivity contribution in [1.82, 2.24) is 15.6 Å². The van der Waals surface area contributed by atoms with Crippen LogP contribution < -0.4 is 16.0 Å². The Balaban J connectivity index is 1.50. The molecule has 2 aromatic rings. The second-order valence-corrected chi connectivity index (χ2v) is 6.69. The predicted molar refractivity (Wildman–Crippen MR) is 101 cm³/mol. The molecule has 3 N–H and O–H groups in total. The SMILES string of the molecule is C[C@H]1C[C@@H](C(=O)NCc2ccc(NC(=O)c3cccnc3)cc2)CCN1. The number of benzene rings is 1. The van der Waals surface area contributed by atoms with Crippen molar-refractivity contribution in [2.75, 3.05) is 11.9 Å². The van der Waals surface area contributed by atoms with Gasteiger partial charge in [-0.25, -0.2) is 0 Å². The molecule has 1 aromatic carbocycles. The maximum absolute atomic E-state index is 12.3. The highest BCUT2D eigenvalue weighted by atomic mass is 16.2. The van der Waals surface area contributed by atoms with Gasteiger partial charge < -0.3 is 16.0 Å². The fourth-order valence-corrected chi connectivity index (χ4v) is 3.11. The van der Waals surface area contributed by atoms with Crippen LogP contribution in [0.1, 0.15) is 35.7 Å². The summed E-state index contributed by atoms with van der Waals surface area (Å²) in [5.74, 6) is 0.00998. The van der Waals surface area contributed by atoms with Gasteiger partial charge in [0.1, 0.15) is 0 Å². The lowest BCUT2D eigenvalue weighted by molar-refractivity contribution is -0.126. The van der Waals surface area contributed by atoms with Crippen LogP contribution in [0.4, 0.5) is 5.69 Å². The minimum Gasteiger partial charge on any atom is -0.352 e. The number of hydrogen-bond donors (Lipinski definition) is 3. The van der Waals surface area contributed by atoms with Crippen LogP contribution in [0.25, 0.3) is 0 Å². The zero-order chi connectivity index (χ0) is 18.4. The molecular formula is C20H24N4O2. The summed E-state index contributed by atoms with van der Waals surface area (Å²) in [6.45, 7) is 3.50. The van der Waals surface area contributed by atoms with Gasteiger partial charge in [-0.3, -0.25) is 14.6 Å². The molecule has 2 heterocycles. The van der Waals surface area contributed by atoms with E-state index < -0.39 is 0 Å². The van der Waals surface area contributed by atoms with Crippen LogP contribution in [0.2, 0.25) is 0 Å². The molecule has 1 fully saturated rings. The summed E-state index contributed by atoms with van der Waals surface area (Å²) >= 11 is 0. The van der Waals surface area contributed by atoms with Gasteiger partial charge in [0.25, 0.3) is 5.91 Å². The molecule has 26 heavy (non-hydrogen) atoms. The first kappa shape index (κ1) is 18.1. The van der Waals surface area contributed by atoms with E-state index in [-0.39, 0.29) is 17.7 Å². The smallest absolute Gasteiger partial charge is 0.257 e. The third-order valence-corrected chi connectivity index (χ3v) is 4.60. The van der Waals surface area contributed by atoms with Crippen LogP contribution in [0.15, 0.2) is 48.8 Å². The molecule has 2 atom stereocenters. The molecule has 0 unspecified atom stereocenters. The van der Waals surface area contributed by atoms with Crippen LogP contribution in [-0.4, -0.2) is 29.4 Å². The van der Waals surface area contributed by atoms with Gasteiger partial charge in [0.05, 0.1) is 5.56 Å². The number of hydrogen-bond acceptors (Lipinski definition) is 4. The molecule has 0 spiro atoms. The number of amides is 2. The van der Waals surface area contributed by atoms with E-state index >= 15 is 0 Å². The molecule has 6 heteroatoms. The standard InChI is InChI=1S/C20H24N4O2/c1-14-11-16(8-10-22-14)19(25)23-12-15-4-6-18(7-5-15)24-20(26)17-3-2-9-21-13-17/h2-7,9,13-14,16,22H,8,10-12H2,1H3,(H,23,25)(H,24,26)/t14-,16-/m0/s1. The predicted octanol–water partition coefficient (Wildman–Crippen LogP) is 2.34. The van der Waals surface area contributed by atoms with Gasteiger partial charge in [0.15, 0.2) is 0 Å². The molecular weight excluding hydrogens is 328 g/mol. The van der Waals surface area contributed by atoms with E-state index in [4.69, 9.17) is 0 Å². The number of rotatable bonds is 5. The van der Waals surface area contributed by atoms with E-state index in [0.717, 1.165) is 24.9 Å². The lowest BCUT2D eigenvalue weighted by Gasteiger charge is -2.27. The van der Waals surface area contributed by atoms with Crippen molar-refractivity contribution < 1.29 is 9.59 Å². The van der Waals surface area contributed by atoms with Gasteiger partial charge in [0, 0.05) is 36.6 Å². The number of nitrogens with one attached hydrogen (secondary N) is 3. The fraction of sp³-hybridized carbons (Fsp3) is 0.350. The summed E-state index contributed by atoms with van der Waals surface area (Å²) in [6, 6.07) is 11.3. The monoisotopic (exact) mass is 352 g/mol. The molecule has 0 radical (unpaired) electrons. The first-order chi connectivity index (χ1) is 12.6. The highest BCUT2D eigenvalue weighted by Crippen LogP contribution is 2.16. The van der Waals surface area contributed by atoms with Crippen molar-refractivity contribution in [3.63, 3.8) is 0 Å².